The van der Waals surface area contributed by atoms with Crippen LogP contribution in [0.3, 0.4) is 0 Å². The topological polar surface area (TPSA) is 30.2 Å². The summed E-state index contributed by atoms with van der Waals surface area (Å²) in [6.45, 7) is 3.76. The number of allylic oxidation sites excluding steroid dienone is 1. The average molecular weight is 176 g/mol. The molecule has 0 radical (unpaired) electrons. The van der Waals surface area contributed by atoms with Crippen LogP contribution in [0.5, 0.6) is 0 Å². The van der Waals surface area contributed by atoms with Crippen LogP contribution in [0.4, 0.5) is 0 Å². The molecule has 2 heteroatoms. The number of ketones is 1. The number of furan rings is 1. The minimum absolute atomic E-state index is 0.211. The lowest BCUT2D eigenvalue weighted by atomic mass is 9.84. The Morgan fingerprint density at radius 1 is 1.54 bits per heavy atom. The summed E-state index contributed by atoms with van der Waals surface area (Å²) in [6.07, 6.45) is 3.94. The summed E-state index contributed by atoms with van der Waals surface area (Å²) in [7, 11) is 0. The Balaban J connectivity index is 2.12. The van der Waals surface area contributed by atoms with Gasteiger partial charge in [0.15, 0.2) is 5.78 Å². The van der Waals surface area contributed by atoms with Crippen LogP contribution in [0.1, 0.15) is 30.9 Å². The van der Waals surface area contributed by atoms with Crippen molar-refractivity contribution in [2.75, 3.05) is 0 Å². The van der Waals surface area contributed by atoms with Crippen molar-refractivity contribution in [2.24, 2.45) is 0 Å². The number of rotatable bonds is 1. The fourth-order valence-corrected chi connectivity index (χ4v) is 1.76. The lowest BCUT2D eigenvalue weighted by Crippen LogP contribution is -2.14. The van der Waals surface area contributed by atoms with Gasteiger partial charge < -0.3 is 4.42 Å². The largest absolute Gasteiger partial charge is 0.469 e. The highest BCUT2D eigenvalue weighted by atomic mass is 16.3. The summed E-state index contributed by atoms with van der Waals surface area (Å²) < 4.78 is 5.30. The van der Waals surface area contributed by atoms with Gasteiger partial charge >= 0.3 is 0 Å². The number of carbonyl (C=O) groups excluding carboxylic acids is 1. The van der Waals surface area contributed by atoms with E-state index in [0.29, 0.717) is 12.3 Å². The Hall–Kier alpha value is -1.31. The molecular weight excluding hydrogens is 164 g/mol. The summed E-state index contributed by atoms with van der Waals surface area (Å²) in [6, 6.07) is 3.85. The van der Waals surface area contributed by atoms with E-state index in [1.807, 2.05) is 12.1 Å². The van der Waals surface area contributed by atoms with Crippen LogP contribution < -0.4 is 0 Å². The van der Waals surface area contributed by atoms with Crippen molar-refractivity contribution in [3.63, 3.8) is 0 Å². The first-order chi connectivity index (χ1) is 6.27. The van der Waals surface area contributed by atoms with E-state index in [-0.39, 0.29) is 5.78 Å². The van der Waals surface area contributed by atoms with Crippen molar-refractivity contribution in [2.45, 2.75) is 25.2 Å². The van der Waals surface area contributed by atoms with Gasteiger partial charge in [0, 0.05) is 12.3 Å². The maximum atomic E-state index is 11.2. The molecule has 1 saturated carbocycles. The van der Waals surface area contributed by atoms with Gasteiger partial charge in [-0.05, 0) is 30.5 Å². The molecule has 0 aromatic carbocycles. The first-order valence-corrected chi connectivity index (χ1v) is 4.52. The molecule has 0 N–H and O–H groups in total. The molecular formula is C11H12O2. The smallest absolute Gasteiger partial charge is 0.158 e. The number of carbonyl (C=O) groups is 1. The zero-order valence-electron chi connectivity index (χ0n) is 7.45. The van der Waals surface area contributed by atoms with E-state index in [9.17, 15) is 4.79 Å². The molecule has 0 saturated heterocycles. The van der Waals surface area contributed by atoms with Gasteiger partial charge in [-0.15, -0.1) is 0 Å². The molecule has 1 fully saturated rings. The number of hydrogen-bond donors (Lipinski definition) is 0. The first-order valence-electron chi connectivity index (χ1n) is 4.52. The van der Waals surface area contributed by atoms with E-state index in [1.54, 1.807) is 6.26 Å². The third-order valence-electron chi connectivity index (χ3n) is 2.55. The van der Waals surface area contributed by atoms with Crippen molar-refractivity contribution < 1.29 is 9.21 Å². The molecule has 1 unspecified atom stereocenters. The minimum atomic E-state index is 0.211. The van der Waals surface area contributed by atoms with Crippen LogP contribution in [0.15, 0.2) is 35.0 Å². The second-order valence-electron chi connectivity index (χ2n) is 3.48. The molecule has 1 aromatic rings. The van der Waals surface area contributed by atoms with Crippen LogP contribution >= 0.6 is 0 Å². The molecule has 0 aliphatic heterocycles. The van der Waals surface area contributed by atoms with Crippen molar-refractivity contribution >= 4 is 5.78 Å². The van der Waals surface area contributed by atoms with Crippen molar-refractivity contribution in [3.05, 3.63) is 36.3 Å². The van der Waals surface area contributed by atoms with Gasteiger partial charge in [0.05, 0.1) is 6.26 Å². The Morgan fingerprint density at radius 2 is 2.38 bits per heavy atom. The van der Waals surface area contributed by atoms with E-state index in [1.165, 1.54) is 0 Å². The third kappa shape index (κ3) is 1.57. The molecule has 0 bridgehead atoms. The second-order valence-corrected chi connectivity index (χ2v) is 3.48. The quantitative estimate of drug-likeness (QED) is 0.616. The third-order valence-corrected chi connectivity index (χ3v) is 2.55. The molecule has 68 valence electrons. The van der Waals surface area contributed by atoms with E-state index in [2.05, 4.69) is 6.58 Å². The highest BCUT2D eigenvalue weighted by molar-refractivity contribution is 5.95. The molecule has 2 nitrogen and oxygen atoms in total. The zero-order chi connectivity index (χ0) is 9.26. The zero-order valence-corrected chi connectivity index (χ0v) is 7.45. The van der Waals surface area contributed by atoms with E-state index >= 15 is 0 Å². The predicted molar refractivity (Wildman–Crippen MR) is 49.4 cm³/mol. The summed E-state index contributed by atoms with van der Waals surface area (Å²) in [5, 5.41) is 0. The van der Waals surface area contributed by atoms with E-state index in [4.69, 9.17) is 4.42 Å². The van der Waals surface area contributed by atoms with Crippen molar-refractivity contribution in [1.29, 1.82) is 0 Å². The minimum Gasteiger partial charge on any atom is -0.469 e. The number of Topliss-reactive ketones (excluding diaryl/α,β-unsaturated/α-hetero) is 1. The summed E-state index contributed by atoms with van der Waals surface area (Å²) in [5.41, 5.74) is 0.743. The fourth-order valence-electron chi connectivity index (χ4n) is 1.76. The van der Waals surface area contributed by atoms with Gasteiger partial charge in [0.25, 0.3) is 0 Å². The van der Waals surface area contributed by atoms with Gasteiger partial charge in [-0.1, -0.05) is 6.58 Å². The van der Waals surface area contributed by atoms with Crippen LogP contribution in [-0.2, 0) is 4.79 Å². The maximum Gasteiger partial charge on any atom is 0.158 e. The Labute approximate surface area is 77.2 Å². The molecule has 1 aromatic heterocycles. The van der Waals surface area contributed by atoms with Crippen LogP contribution in [0.25, 0.3) is 0 Å². The number of hydrogen-bond acceptors (Lipinski definition) is 2. The molecule has 2 rings (SSSR count). The van der Waals surface area contributed by atoms with Crippen LogP contribution in [0.2, 0.25) is 0 Å². The van der Waals surface area contributed by atoms with Crippen molar-refractivity contribution in [1.82, 2.24) is 0 Å². The van der Waals surface area contributed by atoms with Gasteiger partial charge in [-0.25, -0.2) is 0 Å². The van der Waals surface area contributed by atoms with Crippen LogP contribution in [0, 0.1) is 0 Å². The summed E-state index contributed by atoms with van der Waals surface area (Å²) in [4.78, 5) is 11.2. The molecule has 0 amide bonds. The fraction of sp³-hybridized carbons (Fsp3) is 0.364. The SMILES string of the molecule is C=C1CC(c2ccco2)CCC1=O. The molecule has 1 aliphatic carbocycles. The van der Waals surface area contributed by atoms with Gasteiger partial charge in [-0.2, -0.15) is 0 Å². The summed E-state index contributed by atoms with van der Waals surface area (Å²) in [5.74, 6) is 1.55. The molecule has 1 heterocycles. The molecule has 13 heavy (non-hydrogen) atoms. The van der Waals surface area contributed by atoms with E-state index < -0.39 is 0 Å². The van der Waals surface area contributed by atoms with Gasteiger partial charge in [-0.3, -0.25) is 4.79 Å². The average Bonchev–Trinajstić information content (AvgIpc) is 2.62. The lowest BCUT2D eigenvalue weighted by Gasteiger charge is -2.20. The van der Waals surface area contributed by atoms with Crippen LogP contribution in [-0.4, -0.2) is 5.78 Å². The molecule has 0 spiro atoms. The normalized spacial score (nSPS) is 23.5. The second kappa shape index (κ2) is 3.21. The van der Waals surface area contributed by atoms with Gasteiger partial charge in [0.2, 0.25) is 0 Å². The molecule has 1 atom stereocenters. The highest BCUT2D eigenvalue weighted by Crippen LogP contribution is 2.33. The monoisotopic (exact) mass is 176 g/mol. The maximum absolute atomic E-state index is 11.2. The summed E-state index contributed by atoms with van der Waals surface area (Å²) >= 11 is 0. The Bertz CT molecular complexity index is 322. The van der Waals surface area contributed by atoms with E-state index in [0.717, 1.165) is 24.2 Å². The van der Waals surface area contributed by atoms with Gasteiger partial charge in [0.1, 0.15) is 5.76 Å². The highest BCUT2D eigenvalue weighted by Gasteiger charge is 2.24. The first kappa shape index (κ1) is 8.30. The Morgan fingerprint density at radius 3 is 3.00 bits per heavy atom. The predicted octanol–water partition coefficient (Wildman–Crippen LogP) is 2.67. The van der Waals surface area contributed by atoms with Crippen molar-refractivity contribution in [3.8, 4) is 0 Å². The molecule has 1 aliphatic rings. The lowest BCUT2D eigenvalue weighted by molar-refractivity contribution is -0.116. The standard InChI is InChI=1S/C11H12O2/c1-8-7-9(4-5-10(8)12)11-3-2-6-13-11/h2-3,6,9H,1,4-5,7H2. The Kier molecular flexibility index (Phi) is 2.05.